The molecule has 1 aromatic heterocycles. The van der Waals surface area contributed by atoms with Crippen LogP contribution in [-0.4, -0.2) is 27.8 Å². The molecule has 9 heteroatoms. The minimum Gasteiger partial charge on any atom is -0.368 e. The molecule has 0 amide bonds. The van der Waals surface area contributed by atoms with Crippen LogP contribution in [0.3, 0.4) is 0 Å². The lowest BCUT2D eigenvalue weighted by Gasteiger charge is -2.06. The van der Waals surface area contributed by atoms with Crippen LogP contribution in [0.15, 0.2) is 6.20 Å². The van der Waals surface area contributed by atoms with Gasteiger partial charge in [0, 0.05) is 0 Å². The Morgan fingerprint density at radius 1 is 1.64 bits per heavy atom. The molecule has 0 spiro atoms. The Morgan fingerprint density at radius 2 is 2.29 bits per heavy atom. The van der Waals surface area contributed by atoms with Gasteiger partial charge in [0.05, 0.1) is 0 Å². The van der Waals surface area contributed by atoms with Gasteiger partial charge in [0.25, 0.3) is 0 Å². The largest absolute Gasteiger partial charge is 0.405 e. The molecule has 1 rings (SSSR count). The second-order valence-electron chi connectivity index (χ2n) is 2.36. The molecule has 78 valence electrons. The lowest BCUT2D eigenvalue weighted by atomic mass is 10.5. The summed E-state index contributed by atoms with van der Waals surface area (Å²) < 4.78 is 35.2. The van der Waals surface area contributed by atoms with Gasteiger partial charge in [-0.3, -0.25) is 0 Å². The van der Waals surface area contributed by atoms with Crippen molar-refractivity contribution in [3.8, 4) is 0 Å². The molecule has 0 aliphatic heterocycles. The minimum absolute atomic E-state index is 0.285. The van der Waals surface area contributed by atoms with Crippen molar-refractivity contribution >= 4 is 11.5 Å². The normalized spacial score (nSPS) is 11.4. The Balaban J connectivity index is 2.68. The summed E-state index contributed by atoms with van der Waals surface area (Å²) in [5.41, 5.74) is -0.285. The van der Waals surface area contributed by atoms with Crippen LogP contribution in [0, 0.1) is 10.1 Å². The number of hydrogen-bond acceptors (Lipinski definition) is 4. The molecule has 6 nitrogen and oxygen atoms in total. The van der Waals surface area contributed by atoms with Gasteiger partial charge in [0.1, 0.15) is 12.7 Å². The molecule has 0 aliphatic carbocycles. The summed E-state index contributed by atoms with van der Waals surface area (Å²) in [4.78, 5) is 9.36. The van der Waals surface area contributed by atoms with Gasteiger partial charge >= 0.3 is 12.0 Å². The number of halogens is 3. The Labute approximate surface area is 75.3 Å². The number of nitrogens with zero attached hydrogens (tertiary/aromatic N) is 2. The minimum atomic E-state index is -4.43. The van der Waals surface area contributed by atoms with Crippen molar-refractivity contribution in [2.45, 2.75) is 6.18 Å². The zero-order valence-corrected chi connectivity index (χ0v) is 6.63. The third-order valence-electron chi connectivity index (χ3n) is 1.28. The van der Waals surface area contributed by atoms with E-state index in [4.69, 9.17) is 0 Å². The Hall–Kier alpha value is -1.80. The van der Waals surface area contributed by atoms with E-state index in [1.807, 2.05) is 10.4 Å². The van der Waals surface area contributed by atoms with Gasteiger partial charge in [0.2, 0.25) is 0 Å². The summed E-state index contributed by atoms with van der Waals surface area (Å²) in [7, 11) is 0. The zero-order chi connectivity index (χ0) is 10.8. The number of H-pyrrole nitrogens is 1. The van der Waals surface area contributed by atoms with E-state index in [1.54, 1.807) is 0 Å². The van der Waals surface area contributed by atoms with Gasteiger partial charge in [-0.1, -0.05) is 5.10 Å². The third kappa shape index (κ3) is 2.61. The lowest BCUT2D eigenvalue weighted by molar-refractivity contribution is -0.388. The van der Waals surface area contributed by atoms with Crippen molar-refractivity contribution in [1.29, 1.82) is 0 Å². The predicted octanol–water partition coefficient (Wildman–Crippen LogP) is 1.29. The molecule has 0 radical (unpaired) electrons. The van der Waals surface area contributed by atoms with Crippen molar-refractivity contribution < 1.29 is 18.1 Å². The van der Waals surface area contributed by atoms with E-state index in [1.165, 1.54) is 0 Å². The molecule has 2 N–H and O–H groups in total. The van der Waals surface area contributed by atoms with E-state index in [0.717, 1.165) is 6.20 Å². The first-order valence-electron chi connectivity index (χ1n) is 3.38. The monoisotopic (exact) mass is 210 g/mol. The highest BCUT2D eigenvalue weighted by Gasteiger charge is 2.28. The first-order chi connectivity index (χ1) is 6.40. The molecular weight excluding hydrogens is 205 g/mol. The molecule has 14 heavy (non-hydrogen) atoms. The molecule has 1 heterocycles. The first-order valence-corrected chi connectivity index (χ1v) is 3.38. The van der Waals surface area contributed by atoms with Crippen LogP contribution in [0.2, 0.25) is 0 Å². The Kier molecular flexibility index (Phi) is 2.58. The van der Waals surface area contributed by atoms with Crippen LogP contribution < -0.4 is 5.32 Å². The van der Waals surface area contributed by atoms with Crippen LogP contribution in [0.25, 0.3) is 0 Å². The summed E-state index contributed by atoms with van der Waals surface area (Å²) in [6.45, 7) is -1.34. The smallest absolute Gasteiger partial charge is 0.368 e. The maximum Gasteiger partial charge on any atom is 0.405 e. The number of nitro groups is 1. The highest BCUT2D eigenvalue weighted by molar-refractivity contribution is 5.55. The van der Waals surface area contributed by atoms with Gasteiger partial charge in [-0.25, -0.2) is 0 Å². The molecule has 0 atom stereocenters. The van der Waals surface area contributed by atoms with Gasteiger partial charge in [-0.05, 0) is 4.92 Å². The number of hydrogen-bond donors (Lipinski definition) is 2. The number of aromatic amines is 1. The van der Waals surface area contributed by atoms with Crippen LogP contribution in [-0.2, 0) is 0 Å². The molecule has 0 saturated heterocycles. The van der Waals surface area contributed by atoms with Crippen molar-refractivity contribution in [1.82, 2.24) is 10.2 Å². The lowest BCUT2D eigenvalue weighted by Crippen LogP contribution is -2.21. The Morgan fingerprint density at radius 3 is 2.79 bits per heavy atom. The molecule has 0 bridgehead atoms. The zero-order valence-electron chi connectivity index (χ0n) is 6.63. The SMILES string of the molecule is O=[N+]([O-])c1[nH]ncc1NCC(F)(F)F. The fourth-order valence-corrected chi connectivity index (χ4v) is 0.743. The van der Waals surface area contributed by atoms with Crippen LogP contribution in [0.1, 0.15) is 0 Å². The van der Waals surface area contributed by atoms with Crippen molar-refractivity contribution in [2.24, 2.45) is 0 Å². The summed E-state index contributed by atoms with van der Waals surface area (Å²) in [6.07, 6.45) is -3.50. The molecule has 0 aliphatic rings. The maximum absolute atomic E-state index is 11.7. The van der Waals surface area contributed by atoms with Crippen LogP contribution in [0.5, 0.6) is 0 Å². The predicted molar refractivity (Wildman–Crippen MR) is 39.8 cm³/mol. The average Bonchev–Trinajstić information content (AvgIpc) is 2.46. The van der Waals surface area contributed by atoms with Gasteiger partial charge in [-0.2, -0.15) is 13.2 Å². The molecule has 0 fully saturated rings. The van der Waals surface area contributed by atoms with E-state index >= 15 is 0 Å². The van der Waals surface area contributed by atoms with E-state index in [2.05, 4.69) is 5.10 Å². The summed E-state index contributed by atoms with van der Waals surface area (Å²) in [6, 6.07) is 0. The highest BCUT2D eigenvalue weighted by Crippen LogP contribution is 2.22. The number of aromatic nitrogens is 2. The van der Waals surface area contributed by atoms with E-state index in [0.29, 0.717) is 0 Å². The van der Waals surface area contributed by atoms with Gasteiger partial charge in [-0.15, -0.1) is 5.10 Å². The summed E-state index contributed by atoms with van der Waals surface area (Å²) in [5.74, 6) is -0.589. The topological polar surface area (TPSA) is 83.8 Å². The van der Waals surface area contributed by atoms with E-state index in [-0.39, 0.29) is 5.69 Å². The highest BCUT2D eigenvalue weighted by atomic mass is 19.4. The molecule has 0 unspecified atom stereocenters. The average molecular weight is 210 g/mol. The molecule has 1 aromatic rings. The van der Waals surface area contributed by atoms with Crippen molar-refractivity contribution in [3.63, 3.8) is 0 Å². The summed E-state index contributed by atoms with van der Waals surface area (Å²) in [5, 5.41) is 17.3. The van der Waals surface area contributed by atoms with Gasteiger partial charge < -0.3 is 15.4 Å². The second kappa shape index (κ2) is 3.52. The number of alkyl halides is 3. The molecular formula is C5H5F3N4O2. The third-order valence-corrected chi connectivity index (χ3v) is 1.28. The van der Waals surface area contributed by atoms with Gasteiger partial charge in [0.15, 0.2) is 5.69 Å². The number of anilines is 1. The quantitative estimate of drug-likeness (QED) is 0.581. The second-order valence-corrected chi connectivity index (χ2v) is 2.36. The van der Waals surface area contributed by atoms with E-state index < -0.39 is 23.5 Å². The maximum atomic E-state index is 11.7. The van der Waals surface area contributed by atoms with Crippen molar-refractivity contribution in [2.75, 3.05) is 11.9 Å². The first kappa shape index (κ1) is 10.3. The van der Waals surface area contributed by atoms with E-state index in [9.17, 15) is 23.3 Å². The van der Waals surface area contributed by atoms with Crippen molar-refractivity contribution in [3.05, 3.63) is 16.3 Å². The van der Waals surface area contributed by atoms with Crippen LogP contribution in [0.4, 0.5) is 24.7 Å². The Bertz CT molecular complexity index is 334. The molecule has 0 saturated carbocycles. The van der Waals surface area contributed by atoms with Crippen LogP contribution >= 0.6 is 0 Å². The fourth-order valence-electron chi connectivity index (χ4n) is 0.743. The fraction of sp³-hybridized carbons (Fsp3) is 0.400. The number of rotatable bonds is 3. The number of nitrogens with one attached hydrogen (secondary N) is 2. The molecule has 0 aromatic carbocycles. The standard InChI is InChI=1S/C5H5F3N4O2/c6-5(7,8)2-9-3-1-10-11-4(3)12(13)14/h1,9H,2H2,(H,10,11). The summed E-state index contributed by atoms with van der Waals surface area (Å²) >= 11 is 0.